The predicted octanol–water partition coefficient (Wildman–Crippen LogP) is 3.55. The van der Waals surface area contributed by atoms with Gasteiger partial charge in [-0.15, -0.1) is 10.2 Å². The van der Waals surface area contributed by atoms with E-state index in [0.29, 0.717) is 5.13 Å². The summed E-state index contributed by atoms with van der Waals surface area (Å²) in [6.45, 7) is 4.00. The van der Waals surface area contributed by atoms with Crippen molar-refractivity contribution in [3.05, 3.63) is 40.9 Å². The number of carbonyl (C=O) groups excluding carboxylic acids is 1. The Hall–Kier alpha value is -1.79. The number of benzene rings is 1. The molecular weight excluding hydrogens is 308 g/mol. The summed E-state index contributed by atoms with van der Waals surface area (Å²) in [7, 11) is 0. The summed E-state index contributed by atoms with van der Waals surface area (Å²) in [4.78, 5) is 12.3. The number of anilines is 1. The van der Waals surface area contributed by atoms with Crippen LogP contribution in [-0.2, 0) is 11.2 Å². The fourth-order valence-corrected chi connectivity index (χ4v) is 3.06. The number of hydrogen-bond acceptors (Lipinski definition) is 5. The van der Waals surface area contributed by atoms with Gasteiger partial charge in [0, 0.05) is 12.5 Å². The fraction of sp³-hybridized carbons (Fsp3) is 0.471. The normalized spacial score (nSPS) is 13.5. The standard InChI is InChI=1S/C17H24N4OS/c1-3-4-6-11-14-20-21-17(23-14)19-16(22)12(2)15(18)13-9-7-5-8-10-13/h5,7-10,12,15H,3-4,6,11,18H2,1-2H3,(H,19,21,22). The number of nitrogens with two attached hydrogens (primary N) is 1. The van der Waals surface area contributed by atoms with E-state index in [1.54, 1.807) is 0 Å². The third kappa shape index (κ3) is 5.11. The molecule has 0 saturated heterocycles. The van der Waals surface area contributed by atoms with E-state index in [4.69, 9.17) is 5.73 Å². The average Bonchev–Trinajstić information content (AvgIpc) is 3.02. The number of aryl methyl sites for hydroxylation is 1. The lowest BCUT2D eigenvalue weighted by Crippen LogP contribution is -2.30. The molecule has 0 aliphatic carbocycles. The highest BCUT2D eigenvalue weighted by Gasteiger charge is 2.23. The van der Waals surface area contributed by atoms with E-state index in [1.165, 1.54) is 24.2 Å². The third-order valence-corrected chi connectivity index (χ3v) is 4.73. The van der Waals surface area contributed by atoms with Gasteiger partial charge in [-0.1, -0.05) is 68.4 Å². The molecule has 0 spiro atoms. The van der Waals surface area contributed by atoms with Crippen molar-refractivity contribution in [2.24, 2.45) is 11.7 Å². The molecule has 2 rings (SSSR count). The van der Waals surface area contributed by atoms with E-state index in [1.807, 2.05) is 37.3 Å². The lowest BCUT2D eigenvalue weighted by atomic mass is 9.95. The van der Waals surface area contributed by atoms with E-state index in [0.717, 1.165) is 23.4 Å². The average molecular weight is 332 g/mol. The highest BCUT2D eigenvalue weighted by Crippen LogP contribution is 2.22. The van der Waals surface area contributed by atoms with E-state index in [2.05, 4.69) is 22.4 Å². The molecular formula is C17H24N4OS. The molecule has 0 fully saturated rings. The lowest BCUT2D eigenvalue weighted by molar-refractivity contribution is -0.120. The molecule has 6 heteroatoms. The minimum absolute atomic E-state index is 0.127. The number of nitrogens with one attached hydrogen (secondary N) is 1. The van der Waals surface area contributed by atoms with Crippen molar-refractivity contribution in [3.63, 3.8) is 0 Å². The van der Waals surface area contributed by atoms with Gasteiger partial charge >= 0.3 is 0 Å². The van der Waals surface area contributed by atoms with Gasteiger partial charge in [-0.25, -0.2) is 0 Å². The van der Waals surface area contributed by atoms with Crippen molar-refractivity contribution in [3.8, 4) is 0 Å². The molecule has 124 valence electrons. The minimum atomic E-state index is -0.343. The second-order valence-electron chi connectivity index (χ2n) is 5.67. The highest BCUT2D eigenvalue weighted by atomic mass is 32.1. The van der Waals surface area contributed by atoms with Crippen LogP contribution in [0, 0.1) is 5.92 Å². The molecule has 23 heavy (non-hydrogen) atoms. The third-order valence-electron chi connectivity index (χ3n) is 3.83. The maximum Gasteiger partial charge on any atom is 0.230 e. The van der Waals surface area contributed by atoms with E-state index >= 15 is 0 Å². The molecule has 2 unspecified atom stereocenters. The predicted molar refractivity (Wildman–Crippen MR) is 94.3 cm³/mol. The van der Waals surface area contributed by atoms with Crippen molar-refractivity contribution in [1.82, 2.24) is 10.2 Å². The lowest BCUT2D eigenvalue weighted by Gasteiger charge is -2.18. The van der Waals surface area contributed by atoms with E-state index < -0.39 is 0 Å². The van der Waals surface area contributed by atoms with Crippen molar-refractivity contribution in [2.75, 3.05) is 5.32 Å². The summed E-state index contributed by atoms with van der Waals surface area (Å²) in [6, 6.07) is 9.31. The van der Waals surface area contributed by atoms with Crippen LogP contribution in [0.15, 0.2) is 30.3 Å². The molecule has 1 aromatic carbocycles. The van der Waals surface area contributed by atoms with Gasteiger partial charge in [-0.05, 0) is 12.0 Å². The molecule has 0 aliphatic heterocycles. The van der Waals surface area contributed by atoms with Crippen molar-refractivity contribution in [1.29, 1.82) is 0 Å². The summed E-state index contributed by atoms with van der Waals surface area (Å²) in [5.74, 6) is -0.470. The van der Waals surface area contributed by atoms with Crippen LogP contribution in [0.4, 0.5) is 5.13 Å². The Kier molecular flexibility index (Phi) is 6.67. The monoisotopic (exact) mass is 332 g/mol. The van der Waals surface area contributed by atoms with Crippen molar-refractivity contribution >= 4 is 22.4 Å². The van der Waals surface area contributed by atoms with Crippen LogP contribution < -0.4 is 11.1 Å². The number of hydrogen-bond donors (Lipinski definition) is 2. The summed E-state index contributed by atoms with van der Waals surface area (Å²) in [5, 5.41) is 12.5. The minimum Gasteiger partial charge on any atom is -0.323 e. The molecule has 1 amide bonds. The summed E-state index contributed by atoms with van der Waals surface area (Å²) in [6.07, 6.45) is 4.39. The smallest absolute Gasteiger partial charge is 0.230 e. The van der Waals surface area contributed by atoms with Gasteiger partial charge in [-0.3, -0.25) is 4.79 Å². The molecule has 0 radical (unpaired) electrons. The number of amides is 1. The van der Waals surface area contributed by atoms with Crippen molar-refractivity contribution < 1.29 is 4.79 Å². The topological polar surface area (TPSA) is 80.9 Å². The number of unbranched alkanes of at least 4 members (excludes halogenated alkanes) is 2. The molecule has 2 atom stereocenters. The van der Waals surface area contributed by atoms with Crippen molar-refractivity contribution in [2.45, 2.75) is 45.6 Å². The van der Waals surface area contributed by atoms with Gasteiger partial charge in [-0.2, -0.15) is 0 Å². The fourth-order valence-electron chi connectivity index (χ4n) is 2.28. The van der Waals surface area contributed by atoms with Gasteiger partial charge in [0.1, 0.15) is 5.01 Å². The zero-order chi connectivity index (χ0) is 16.7. The Balaban J connectivity index is 1.91. The maximum atomic E-state index is 12.3. The van der Waals surface area contributed by atoms with Crippen LogP contribution in [0.3, 0.4) is 0 Å². The van der Waals surface area contributed by atoms with Crippen LogP contribution in [0.25, 0.3) is 0 Å². The van der Waals surface area contributed by atoms with Crippen LogP contribution >= 0.6 is 11.3 Å². The quantitative estimate of drug-likeness (QED) is 0.724. The number of aromatic nitrogens is 2. The summed E-state index contributed by atoms with van der Waals surface area (Å²) >= 11 is 1.44. The molecule has 2 aromatic rings. The molecule has 3 N–H and O–H groups in total. The van der Waals surface area contributed by atoms with Gasteiger partial charge < -0.3 is 11.1 Å². The van der Waals surface area contributed by atoms with Gasteiger partial charge in [0.2, 0.25) is 11.0 Å². The molecule has 5 nitrogen and oxygen atoms in total. The summed E-state index contributed by atoms with van der Waals surface area (Å²) < 4.78 is 0. The van der Waals surface area contributed by atoms with Gasteiger partial charge in [0.25, 0.3) is 0 Å². The number of nitrogens with zero attached hydrogens (tertiary/aromatic N) is 2. The molecule has 1 aromatic heterocycles. The van der Waals surface area contributed by atoms with Crippen LogP contribution in [-0.4, -0.2) is 16.1 Å². The number of rotatable bonds is 8. The second kappa shape index (κ2) is 8.74. The molecule has 0 saturated carbocycles. The molecule has 0 aliphatic rings. The second-order valence-corrected chi connectivity index (χ2v) is 6.73. The Morgan fingerprint density at radius 3 is 2.70 bits per heavy atom. The van der Waals surface area contributed by atoms with E-state index in [9.17, 15) is 4.79 Å². The Morgan fingerprint density at radius 1 is 1.26 bits per heavy atom. The SMILES string of the molecule is CCCCCc1nnc(NC(=O)C(C)C(N)c2ccccc2)s1. The first-order valence-electron chi connectivity index (χ1n) is 8.05. The first-order chi connectivity index (χ1) is 11.1. The van der Waals surface area contributed by atoms with Crippen LogP contribution in [0.2, 0.25) is 0 Å². The first kappa shape index (κ1) is 17.6. The largest absolute Gasteiger partial charge is 0.323 e. The van der Waals surface area contributed by atoms with E-state index in [-0.39, 0.29) is 17.9 Å². The Morgan fingerprint density at radius 2 is 2.00 bits per heavy atom. The van der Waals surface area contributed by atoms with Crippen LogP contribution in [0.1, 0.15) is 49.7 Å². The zero-order valence-electron chi connectivity index (χ0n) is 13.7. The Labute approximate surface area is 141 Å². The summed E-state index contributed by atoms with van der Waals surface area (Å²) in [5.41, 5.74) is 7.14. The van der Waals surface area contributed by atoms with Crippen LogP contribution in [0.5, 0.6) is 0 Å². The molecule has 1 heterocycles. The van der Waals surface area contributed by atoms with Gasteiger partial charge in [0.05, 0.1) is 5.92 Å². The number of carbonyl (C=O) groups is 1. The zero-order valence-corrected chi connectivity index (χ0v) is 14.5. The Bertz CT molecular complexity index is 614. The maximum absolute atomic E-state index is 12.3. The highest BCUT2D eigenvalue weighted by molar-refractivity contribution is 7.15. The molecule has 0 bridgehead atoms. The first-order valence-corrected chi connectivity index (χ1v) is 8.87. The van der Waals surface area contributed by atoms with Gasteiger partial charge in [0.15, 0.2) is 0 Å².